The third-order valence-corrected chi connectivity index (χ3v) is 6.53. The summed E-state index contributed by atoms with van der Waals surface area (Å²) in [5, 5.41) is 0. The number of hydrogen-bond acceptors (Lipinski definition) is 4. The maximum atomic E-state index is 13.4. The lowest BCUT2D eigenvalue weighted by Crippen LogP contribution is -2.44. The van der Waals surface area contributed by atoms with Crippen LogP contribution in [0.5, 0.6) is 0 Å². The summed E-state index contributed by atoms with van der Waals surface area (Å²) in [6, 6.07) is 10.2. The Hall–Kier alpha value is -2.63. The highest BCUT2D eigenvalue weighted by Gasteiger charge is 2.36. The van der Waals surface area contributed by atoms with Gasteiger partial charge in [0.15, 0.2) is 5.89 Å². The summed E-state index contributed by atoms with van der Waals surface area (Å²) in [5.74, 6) is 1.50. The number of nitrogens with zero attached hydrogens (tertiary/aromatic N) is 3. The molecule has 2 fully saturated rings. The van der Waals surface area contributed by atoms with E-state index in [0.29, 0.717) is 48.8 Å². The number of aryl methyl sites for hydroxylation is 2. The molecule has 1 unspecified atom stereocenters. The van der Waals surface area contributed by atoms with Crippen LogP contribution in [0.15, 0.2) is 34.7 Å². The normalized spacial score (nSPS) is 21.0. The summed E-state index contributed by atoms with van der Waals surface area (Å²) < 4.78 is 5.51. The quantitative estimate of drug-likeness (QED) is 0.766. The van der Waals surface area contributed by atoms with E-state index in [4.69, 9.17) is 4.42 Å². The van der Waals surface area contributed by atoms with Gasteiger partial charge in [0.1, 0.15) is 0 Å². The van der Waals surface area contributed by atoms with E-state index in [2.05, 4.69) is 17.1 Å². The van der Waals surface area contributed by atoms with E-state index in [0.717, 1.165) is 38.6 Å². The van der Waals surface area contributed by atoms with Crippen molar-refractivity contribution in [2.24, 2.45) is 11.8 Å². The third-order valence-electron chi connectivity index (χ3n) is 6.53. The Labute approximate surface area is 178 Å². The number of carbonyl (C=O) groups excluding carboxylic acids is 2. The average Bonchev–Trinajstić information content (AvgIpc) is 3.00. The van der Waals surface area contributed by atoms with Crippen LogP contribution in [-0.2, 0) is 11.3 Å². The van der Waals surface area contributed by atoms with Crippen LogP contribution < -0.4 is 0 Å². The molecule has 0 N–H and O–H groups in total. The molecule has 4 rings (SSSR count). The monoisotopic (exact) mass is 409 g/mol. The highest BCUT2D eigenvalue weighted by molar-refractivity contribution is 5.92. The summed E-state index contributed by atoms with van der Waals surface area (Å²) in [6.45, 7) is 6.44. The highest BCUT2D eigenvalue weighted by Crippen LogP contribution is 2.33. The third kappa shape index (κ3) is 4.42. The first kappa shape index (κ1) is 20.6. The Bertz CT molecular complexity index is 884. The van der Waals surface area contributed by atoms with Crippen molar-refractivity contribution < 1.29 is 14.0 Å². The van der Waals surface area contributed by atoms with Crippen LogP contribution in [0, 0.1) is 25.7 Å². The molecule has 1 atom stereocenters. The van der Waals surface area contributed by atoms with Crippen LogP contribution in [0.2, 0.25) is 0 Å². The maximum Gasteiger partial charge on any atom is 0.291 e. The van der Waals surface area contributed by atoms with E-state index in [1.54, 1.807) is 6.92 Å². The van der Waals surface area contributed by atoms with Crippen molar-refractivity contribution >= 4 is 11.8 Å². The van der Waals surface area contributed by atoms with Gasteiger partial charge in [-0.05, 0) is 44.1 Å². The lowest BCUT2D eigenvalue weighted by molar-refractivity contribution is -0.137. The fourth-order valence-electron chi connectivity index (χ4n) is 4.91. The minimum Gasteiger partial charge on any atom is -0.436 e. The minimum atomic E-state index is -0.0792. The van der Waals surface area contributed by atoms with Gasteiger partial charge in [-0.2, -0.15) is 0 Å². The minimum absolute atomic E-state index is 0.0720. The van der Waals surface area contributed by atoms with E-state index in [9.17, 15) is 9.59 Å². The average molecular weight is 410 g/mol. The van der Waals surface area contributed by atoms with Crippen LogP contribution in [0.1, 0.15) is 59.8 Å². The van der Waals surface area contributed by atoms with Crippen LogP contribution in [0.3, 0.4) is 0 Å². The standard InChI is InChI=1S/C24H31N3O3/c1-17-22(30-18(2)25-17)24(29)26-14-11-20(12-15-26)21-10-6-7-13-27(23(21)28)16-19-8-4-3-5-9-19/h3-5,8-9,20-21H,6-7,10-16H2,1-2H3. The molecule has 2 saturated heterocycles. The molecule has 160 valence electrons. The number of benzene rings is 1. The molecule has 2 aliphatic heterocycles. The second-order valence-corrected chi connectivity index (χ2v) is 8.62. The van der Waals surface area contributed by atoms with Crippen molar-refractivity contribution in [1.29, 1.82) is 0 Å². The number of piperidine rings is 1. The van der Waals surface area contributed by atoms with E-state index < -0.39 is 0 Å². The van der Waals surface area contributed by atoms with E-state index >= 15 is 0 Å². The molecule has 1 aromatic carbocycles. The van der Waals surface area contributed by atoms with E-state index in [-0.39, 0.29) is 11.8 Å². The predicted octanol–water partition coefficient (Wildman–Crippen LogP) is 3.97. The summed E-state index contributed by atoms with van der Waals surface area (Å²) >= 11 is 0. The summed E-state index contributed by atoms with van der Waals surface area (Å²) in [4.78, 5) is 34.3. The Kier molecular flexibility index (Phi) is 6.21. The molecule has 0 spiro atoms. The molecule has 0 radical (unpaired) electrons. The molecular formula is C24H31N3O3. The van der Waals surface area contributed by atoms with Crippen molar-refractivity contribution in [3.63, 3.8) is 0 Å². The van der Waals surface area contributed by atoms with E-state index in [1.807, 2.05) is 34.9 Å². The number of hydrogen-bond donors (Lipinski definition) is 0. The SMILES string of the molecule is Cc1nc(C)c(C(=O)N2CCC(C3CCCCN(Cc4ccccc4)C3=O)CC2)o1. The molecule has 6 heteroatoms. The van der Waals surface area contributed by atoms with Gasteiger partial charge in [0.2, 0.25) is 11.7 Å². The Morgan fingerprint density at radius 3 is 2.47 bits per heavy atom. The lowest BCUT2D eigenvalue weighted by atomic mass is 9.81. The number of oxazole rings is 1. The summed E-state index contributed by atoms with van der Waals surface area (Å²) in [7, 11) is 0. The van der Waals surface area contributed by atoms with Gasteiger partial charge in [0.25, 0.3) is 5.91 Å². The van der Waals surface area contributed by atoms with Crippen molar-refractivity contribution in [3.05, 3.63) is 53.2 Å². The first-order valence-corrected chi connectivity index (χ1v) is 11.1. The smallest absolute Gasteiger partial charge is 0.291 e. The molecule has 6 nitrogen and oxygen atoms in total. The fourth-order valence-corrected chi connectivity index (χ4v) is 4.91. The molecule has 0 saturated carbocycles. The molecule has 2 aromatic rings. The molecule has 2 aliphatic rings. The van der Waals surface area contributed by atoms with Crippen LogP contribution >= 0.6 is 0 Å². The molecule has 0 bridgehead atoms. The second kappa shape index (κ2) is 9.02. The Morgan fingerprint density at radius 1 is 1.07 bits per heavy atom. The molecule has 2 amide bonds. The first-order chi connectivity index (χ1) is 14.5. The van der Waals surface area contributed by atoms with Gasteiger partial charge in [-0.15, -0.1) is 0 Å². The van der Waals surface area contributed by atoms with Gasteiger partial charge in [0.05, 0.1) is 5.69 Å². The Balaban J connectivity index is 1.38. The lowest BCUT2D eigenvalue weighted by Gasteiger charge is -2.36. The summed E-state index contributed by atoms with van der Waals surface area (Å²) in [6.07, 6.45) is 4.86. The van der Waals surface area contributed by atoms with Crippen molar-refractivity contribution in [2.75, 3.05) is 19.6 Å². The second-order valence-electron chi connectivity index (χ2n) is 8.62. The van der Waals surface area contributed by atoms with Crippen molar-refractivity contribution in [1.82, 2.24) is 14.8 Å². The maximum absolute atomic E-state index is 13.4. The largest absolute Gasteiger partial charge is 0.436 e. The molecule has 0 aliphatic carbocycles. The number of carbonyl (C=O) groups is 2. The molecule has 3 heterocycles. The molecule has 30 heavy (non-hydrogen) atoms. The van der Waals surface area contributed by atoms with Crippen LogP contribution in [0.4, 0.5) is 0 Å². The van der Waals surface area contributed by atoms with Crippen LogP contribution in [-0.4, -0.2) is 46.2 Å². The van der Waals surface area contributed by atoms with Gasteiger partial charge in [0, 0.05) is 39.0 Å². The van der Waals surface area contributed by atoms with Gasteiger partial charge in [-0.1, -0.05) is 36.8 Å². The zero-order valence-corrected chi connectivity index (χ0v) is 18.0. The highest BCUT2D eigenvalue weighted by atomic mass is 16.4. The zero-order chi connectivity index (χ0) is 21.1. The van der Waals surface area contributed by atoms with Gasteiger partial charge in [-0.3, -0.25) is 9.59 Å². The van der Waals surface area contributed by atoms with E-state index in [1.165, 1.54) is 5.56 Å². The number of likely N-dealkylation sites (tertiary alicyclic amines) is 2. The summed E-state index contributed by atoms with van der Waals surface area (Å²) in [5.41, 5.74) is 1.83. The van der Waals surface area contributed by atoms with Gasteiger partial charge >= 0.3 is 0 Å². The molecular weight excluding hydrogens is 378 g/mol. The topological polar surface area (TPSA) is 66.7 Å². The predicted molar refractivity (Wildman–Crippen MR) is 114 cm³/mol. The molecule has 1 aromatic heterocycles. The fraction of sp³-hybridized carbons (Fsp3) is 0.542. The van der Waals surface area contributed by atoms with Gasteiger partial charge < -0.3 is 14.2 Å². The number of aromatic nitrogens is 1. The van der Waals surface area contributed by atoms with Crippen molar-refractivity contribution in [3.8, 4) is 0 Å². The first-order valence-electron chi connectivity index (χ1n) is 11.1. The zero-order valence-electron chi connectivity index (χ0n) is 18.0. The van der Waals surface area contributed by atoms with Crippen LogP contribution in [0.25, 0.3) is 0 Å². The number of rotatable bonds is 4. The number of amides is 2. The van der Waals surface area contributed by atoms with Crippen molar-refractivity contribution in [2.45, 2.75) is 52.5 Å². The Morgan fingerprint density at radius 2 is 1.80 bits per heavy atom. The van der Waals surface area contributed by atoms with Gasteiger partial charge in [-0.25, -0.2) is 4.98 Å².